The SMILES string of the molecule is Nc1cc(CC(=O)CC2CSCCN2)ccn1. The van der Waals surface area contributed by atoms with Gasteiger partial charge in [0, 0.05) is 43.1 Å². The Labute approximate surface area is 105 Å². The first kappa shape index (κ1) is 12.4. The number of carbonyl (C=O) groups excluding carboxylic acids is 1. The molecule has 0 aliphatic carbocycles. The van der Waals surface area contributed by atoms with Crippen molar-refractivity contribution in [3.8, 4) is 0 Å². The summed E-state index contributed by atoms with van der Waals surface area (Å²) in [4.78, 5) is 15.8. The van der Waals surface area contributed by atoms with E-state index in [1.54, 1.807) is 12.3 Å². The van der Waals surface area contributed by atoms with E-state index < -0.39 is 0 Å². The number of rotatable bonds is 4. The maximum absolute atomic E-state index is 11.9. The van der Waals surface area contributed by atoms with Crippen molar-refractivity contribution in [3.63, 3.8) is 0 Å². The van der Waals surface area contributed by atoms with Crippen molar-refractivity contribution in [1.29, 1.82) is 0 Å². The van der Waals surface area contributed by atoms with Gasteiger partial charge in [0.15, 0.2) is 0 Å². The quantitative estimate of drug-likeness (QED) is 0.831. The van der Waals surface area contributed by atoms with Gasteiger partial charge in [-0.1, -0.05) is 0 Å². The van der Waals surface area contributed by atoms with Gasteiger partial charge in [0.1, 0.15) is 11.6 Å². The van der Waals surface area contributed by atoms with Crippen LogP contribution in [0.25, 0.3) is 0 Å². The van der Waals surface area contributed by atoms with E-state index in [4.69, 9.17) is 5.73 Å². The van der Waals surface area contributed by atoms with E-state index in [0.717, 1.165) is 23.6 Å². The van der Waals surface area contributed by atoms with Crippen molar-refractivity contribution < 1.29 is 4.79 Å². The Morgan fingerprint density at radius 2 is 2.53 bits per heavy atom. The molecule has 0 aromatic carbocycles. The average Bonchev–Trinajstić information content (AvgIpc) is 2.30. The fraction of sp³-hybridized carbons (Fsp3) is 0.500. The summed E-state index contributed by atoms with van der Waals surface area (Å²) in [5.74, 6) is 2.91. The largest absolute Gasteiger partial charge is 0.384 e. The van der Waals surface area contributed by atoms with E-state index in [-0.39, 0.29) is 5.78 Å². The summed E-state index contributed by atoms with van der Waals surface area (Å²) in [5, 5.41) is 3.37. The third-order valence-electron chi connectivity index (χ3n) is 2.72. The minimum atomic E-state index is 0.260. The van der Waals surface area contributed by atoms with Crippen LogP contribution in [0, 0.1) is 0 Å². The van der Waals surface area contributed by atoms with Crippen LogP contribution in [0.15, 0.2) is 18.3 Å². The standard InChI is InChI=1S/C12H17N3OS/c13-12-6-9(1-2-15-12)5-11(16)7-10-8-17-4-3-14-10/h1-2,6,10,14H,3-5,7-8H2,(H2,13,15). The number of nitrogens with zero attached hydrogens (tertiary/aromatic N) is 1. The van der Waals surface area contributed by atoms with Gasteiger partial charge in [0.05, 0.1) is 0 Å². The lowest BCUT2D eigenvalue weighted by Gasteiger charge is -2.22. The van der Waals surface area contributed by atoms with Gasteiger partial charge >= 0.3 is 0 Å². The molecule has 1 aliphatic rings. The lowest BCUT2D eigenvalue weighted by molar-refractivity contribution is -0.118. The Morgan fingerprint density at radius 1 is 1.65 bits per heavy atom. The van der Waals surface area contributed by atoms with Gasteiger partial charge in [0.25, 0.3) is 0 Å². The van der Waals surface area contributed by atoms with Crippen LogP contribution in [-0.4, -0.2) is 34.9 Å². The second kappa shape index (κ2) is 6.02. The van der Waals surface area contributed by atoms with Crippen LogP contribution in [0.4, 0.5) is 5.82 Å². The molecule has 1 aromatic heterocycles. The number of anilines is 1. The van der Waals surface area contributed by atoms with Crippen LogP contribution in [0.2, 0.25) is 0 Å². The highest BCUT2D eigenvalue weighted by atomic mass is 32.2. The maximum atomic E-state index is 11.9. The summed E-state index contributed by atoms with van der Waals surface area (Å²) in [6.07, 6.45) is 2.71. The third kappa shape index (κ3) is 4.02. The second-order valence-corrected chi connectivity index (χ2v) is 5.38. The molecule has 17 heavy (non-hydrogen) atoms. The summed E-state index contributed by atoms with van der Waals surface area (Å²) < 4.78 is 0. The normalized spacial score (nSPS) is 20.1. The van der Waals surface area contributed by atoms with E-state index in [1.165, 1.54) is 0 Å². The number of nitrogens with one attached hydrogen (secondary N) is 1. The van der Waals surface area contributed by atoms with Crippen LogP contribution in [0.3, 0.4) is 0 Å². The molecule has 1 fully saturated rings. The number of thioether (sulfide) groups is 1. The first-order chi connectivity index (χ1) is 8.24. The number of pyridine rings is 1. The summed E-state index contributed by atoms with van der Waals surface area (Å²) in [5.41, 5.74) is 6.53. The lowest BCUT2D eigenvalue weighted by Crippen LogP contribution is -2.39. The molecule has 3 N–H and O–H groups in total. The van der Waals surface area contributed by atoms with Gasteiger partial charge in [-0.2, -0.15) is 11.8 Å². The Balaban J connectivity index is 1.84. The zero-order valence-corrected chi connectivity index (χ0v) is 10.5. The van der Waals surface area contributed by atoms with Gasteiger partial charge in [-0.25, -0.2) is 4.98 Å². The highest BCUT2D eigenvalue weighted by Gasteiger charge is 2.16. The highest BCUT2D eigenvalue weighted by molar-refractivity contribution is 7.99. The van der Waals surface area contributed by atoms with Gasteiger partial charge < -0.3 is 11.1 Å². The van der Waals surface area contributed by atoms with Gasteiger partial charge in [-0.3, -0.25) is 4.79 Å². The van der Waals surface area contributed by atoms with E-state index in [9.17, 15) is 4.79 Å². The van der Waals surface area contributed by atoms with Gasteiger partial charge in [-0.05, 0) is 17.7 Å². The van der Waals surface area contributed by atoms with Crippen molar-refractivity contribution in [3.05, 3.63) is 23.9 Å². The molecule has 0 radical (unpaired) electrons. The minimum absolute atomic E-state index is 0.260. The predicted molar refractivity (Wildman–Crippen MR) is 71.1 cm³/mol. The first-order valence-corrected chi connectivity index (χ1v) is 6.93. The topological polar surface area (TPSA) is 68.0 Å². The fourth-order valence-electron chi connectivity index (χ4n) is 1.93. The average molecular weight is 251 g/mol. The molecule has 1 atom stereocenters. The van der Waals surface area contributed by atoms with E-state index in [1.807, 2.05) is 17.8 Å². The number of hydrogen-bond acceptors (Lipinski definition) is 5. The number of ketones is 1. The number of nitrogen functional groups attached to an aromatic ring is 1. The lowest BCUT2D eigenvalue weighted by atomic mass is 10.0. The third-order valence-corrected chi connectivity index (χ3v) is 3.85. The van der Waals surface area contributed by atoms with Crippen molar-refractivity contribution in [1.82, 2.24) is 10.3 Å². The number of nitrogens with two attached hydrogens (primary N) is 1. The van der Waals surface area contributed by atoms with Gasteiger partial charge in [0.2, 0.25) is 0 Å². The van der Waals surface area contributed by atoms with Crippen LogP contribution in [0.1, 0.15) is 12.0 Å². The maximum Gasteiger partial charge on any atom is 0.138 e. The molecule has 0 bridgehead atoms. The second-order valence-electron chi connectivity index (χ2n) is 4.23. The van der Waals surface area contributed by atoms with Gasteiger partial charge in [-0.15, -0.1) is 0 Å². The monoisotopic (exact) mass is 251 g/mol. The molecule has 5 heteroatoms. The number of carbonyl (C=O) groups is 1. The van der Waals surface area contributed by atoms with Crippen LogP contribution in [0.5, 0.6) is 0 Å². The molecule has 0 amide bonds. The molecule has 1 aliphatic heterocycles. The molecule has 1 saturated heterocycles. The highest BCUT2D eigenvalue weighted by Crippen LogP contribution is 2.12. The van der Waals surface area contributed by atoms with E-state index in [2.05, 4.69) is 10.3 Å². The number of hydrogen-bond donors (Lipinski definition) is 2. The van der Waals surface area contributed by atoms with Crippen molar-refractivity contribution >= 4 is 23.4 Å². The molecular formula is C12H17N3OS. The molecular weight excluding hydrogens is 234 g/mol. The molecule has 2 rings (SSSR count). The van der Waals surface area contributed by atoms with Crippen LogP contribution < -0.4 is 11.1 Å². The van der Waals surface area contributed by atoms with Crippen molar-refractivity contribution in [2.24, 2.45) is 0 Å². The molecule has 0 saturated carbocycles. The molecule has 92 valence electrons. The number of Topliss-reactive ketones (excluding diaryl/α,β-unsaturated/α-hetero) is 1. The number of aromatic nitrogens is 1. The summed E-state index contributed by atoms with van der Waals surface area (Å²) in [6, 6.07) is 3.94. The Hall–Kier alpha value is -1.07. The zero-order chi connectivity index (χ0) is 12.1. The molecule has 1 aromatic rings. The summed E-state index contributed by atoms with van der Waals surface area (Å²) >= 11 is 1.91. The Kier molecular flexibility index (Phi) is 4.39. The zero-order valence-electron chi connectivity index (χ0n) is 9.69. The Morgan fingerprint density at radius 3 is 3.24 bits per heavy atom. The Bertz CT molecular complexity index is 391. The predicted octanol–water partition coefficient (Wildman–Crippen LogP) is 0.870. The van der Waals surface area contributed by atoms with E-state index >= 15 is 0 Å². The van der Waals surface area contributed by atoms with Crippen molar-refractivity contribution in [2.45, 2.75) is 18.9 Å². The molecule has 2 heterocycles. The molecule has 4 nitrogen and oxygen atoms in total. The van der Waals surface area contributed by atoms with Crippen LogP contribution in [-0.2, 0) is 11.2 Å². The fourth-order valence-corrected chi connectivity index (χ4v) is 2.88. The molecule has 1 unspecified atom stereocenters. The van der Waals surface area contributed by atoms with Crippen LogP contribution >= 0.6 is 11.8 Å². The summed E-state index contributed by atoms with van der Waals surface area (Å²) in [6.45, 7) is 1.00. The van der Waals surface area contributed by atoms with Crippen molar-refractivity contribution in [2.75, 3.05) is 23.8 Å². The summed E-state index contributed by atoms with van der Waals surface area (Å²) in [7, 11) is 0. The first-order valence-electron chi connectivity index (χ1n) is 5.77. The molecule has 0 spiro atoms. The van der Waals surface area contributed by atoms with E-state index in [0.29, 0.717) is 24.7 Å². The minimum Gasteiger partial charge on any atom is -0.384 e. The smallest absolute Gasteiger partial charge is 0.138 e.